The van der Waals surface area contributed by atoms with Crippen molar-refractivity contribution in [3.63, 3.8) is 0 Å². The normalized spacial score (nSPS) is 21.2. The number of ether oxygens (including phenoxy) is 1. The molecule has 0 unspecified atom stereocenters. The smallest absolute Gasteiger partial charge is 0.167 e. The summed E-state index contributed by atoms with van der Waals surface area (Å²) in [4.78, 5) is 14.0. The maximum Gasteiger partial charge on any atom is 0.167 e. The summed E-state index contributed by atoms with van der Waals surface area (Å²) in [5.74, 6) is 1.57. The number of piperidine rings is 1. The summed E-state index contributed by atoms with van der Waals surface area (Å²) in [5.41, 5.74) is 1.81. The number of benzene rings is 1. The van der Waals surface area contributed by atoms with Gasteiger partial charge in [-0.05, 0) is 44.6 Å². The molecule has 9 heteroatoms. The van der Waals surface area contributed by atoms with Crippen LogP contribution in [0.3, 0.4) is 0 Å². The van der Waals surface area contributed by atoms with Crippen molar-refractivity contribution >= 4 is 16.7 Å². The van der Waals surface area contributed by atoms with Crippen molar-refractivity contribution in [1.82, 2.24) is 30.4 Å². The molecule has 0 spiro atoms. The average molecular weight is 466 g/mol. The second-order valence-electron chi connectivity index (χ2n) is 10.2. The molecule has 4 heterocycles. The summed E-state index contributed by atoms with van der Waals surface area (Å²) < 4.78 is 20.5. The lowest BCUT2D eigenvalue weighted by atomic mass is 9.96. The number of aromatic nitrogens is 4. The van der Waals surface area contributed by atoms with Crippen LogP contribution >= 0.6 is 0 Å². The Kier molecular flexibility index (Phi) is 5.61. The lowest BCUT2D eigenvalue weighted by Crippen LogP contribution is -2.47. The van der Waals surface area contributed by atoms with Crippen molar-refractivity contribution in [2.24, 2.45) is 5.92 Å². The van der Waals surface area contributed by atoms with Crippen LogP contribution in [0.1, 0.15) is 32.6 Å². The van der Waals surface area contributed by atoms with Crippen molar-refractivity contribution in [1.29, 1.82) is 0 Å². The molecule has 2 aromatic heterocycles. The van der Waals surface area contributed by atoms with Crippen LogP contribution in [0.15, 0.2) is 24.5 Å². The first kappa shape index (κ1) is 21.7. The number of nitrogens with zero attached hydrogens (tertiary/aromatic N) is 5. The maximum absolute atomic E-state index is 14.6. The first-order valence-corrected chi connectivity index (χ1v) is 12.4. The molecule has 2 saturated heterocycles. The molecule has 3 aliphatic rings. The first-order valence-electron chi connectivity index (χ1n) is 12.4. The van der Waals surface area contributed by atoms with Crippen LogP contribution in [-0.4, -0.2) is 76.5 Å². The van der Waals surface area contributed by atoms with Crippen molar-refractivity contribution in [2.75, 3.05) is 50.7 Å². The van der Waals surface area contributed by atoms with E-state index in [-0.39, 0.29) is 17.2 Å². The largest absolute Gasteiger partial charge is 0.484 e. The monoisotopic (exact) mass is 465 g/mol. The van der Waals surface area contributed by atoms with E-state index in [1.54, 1.807) is 12.4 Å². The van der Waals surface area contributed by atoms with Gasteiger partial charge in [-0.1, -0.05) is 0 Å². The second-order valence-corrected chi connectivity index (χ2v) is 10.2. The van der Waals surface area contributed by atoms with E-state index in [1.165, 1.54) is 25.5 Å². The second kappa shape index (κ2) is 8.78. The summed E-state index contributed by atoms with van der Waals surface area (Å²) in [5, 5.41) is 11.6. The molecule has 0 atom stereocenters. The zero-order valence-electron chi connectivity index (χ0n) is 19.7. The molecule has 2 aliphatic heterocycles. The van der Waals surface area contributed by atoms with Gasteiger partial charge in [0.15, 0.2) is 11.6 Å². The summed E-state index contributed by atoms with van der Waals surface area (Å²) >= 11 is 0. The molecular formula is C25H32FN7O. The lowest BCUT2D eigenvalue weighted by Gasteiger charge is -2.36. The molecule has 1 saturated carbocycles. The maximum atomic E-state index is 14.6. The third kappa shape index (κ3) is 4.46. The van der Waals surface area contributed by atoms with Crippen LogP contribution in [0.5, 0.6) is 5.75 Å². The van der Waals surface area contributed by atoms with Gasteiger partial charge in [-0.3, -0.25) is 5.10 Å². The molecule has 34 heavy (non-hydrogen) atoms. The molecular weight excluding hydrogens is 433 g/mol. The SMILES string of the molecule is CC1(Oc2cc3c(-c4cc(N5CCC(CN6CCNCC6)CC5)ncn4)n[nH]c3cc2F)CC1. The quantitative estimate of drug-likeness (QED) is 0.579. The van der Waals surface area contributed by atoms with Crippen LogP contribution in [0.2, 0.25) is 0 Å². The summed E-state index contributed by atoms with van der Waals surface area (Å²) in [6.45, 7) is 9.72. The van der Waals surface area contributed by atoms with E-state index in [4.69, 9.17) is 4.74 Å². The van der Waals surface area contributed by atoms with E-state index in [9.17, 15) is 4.39 Å². The summed E-state index contributed by atoms with van der Waals surface area (Å²) in [6.07, 6.45) is 5.85. The van der Waals surface area contributed by atoms with Gasteiger partial charge in [0, 0.05) is 63.3 Å². The molecule has 6 rings (SSSR count). The summed E-state index contributed by atoms with van der Waals surface area (Å²) in [6, 6.07) is 5.20. The fourth-order valence-electron chi connectivity index (χ4n) is 5.09. The number of nitrogens with one attached hydrogen (secondary N) is 2. The Hall–Kier alpha value is -2.78. The highest BCUT2D eigenvalue weighted by molar-refractivity contribution is 5.93. The Morgan fingerprint density at radius 2 is 1.88 bits per heavy atom. The fourth-order valence-corrected chi connectivity index (χ4v) is 5.09. The number of halogens is 1. The Morgan fingerprint density at radius 1 is 1.09 bits per heavy atom. The topological polar surface area (TPSA) is 82.2 Å². The molecule has 180 valence electrons. The highest BCUT2D eigenvalue weighted by atomic mass is 19.1. The minimum atomic E-state index is -0.372. The Bertz CT molecular complexity index is 1160. The van der Waals surface area contributed by atoms with Gasteiger partial charge in [0.25, 0.3) is 0 Å². The Labute approximate surface area is 198 Å². The molecule has 0 amide bonds. The van der Waals surface area contributed by atoms with Gasteiger partial charge in [-0.25, -0.2) is 14.4 Å². The van der Waals surface area contributed by atoms with Gasteiger partial charge in [0.1, 0.15) is 23.4 Å². The fraction of sp³-hybridized carbons (Fsp3) is 0.560. The van der Waals surface area contributed by atoms with Crippen molar-refractivity contribution in [3.05, 3.63) is 30.3 Å². The molecule has 3 aromatic rings. The molecule has 2 N–H and O–H groups in total. The van der Waals surface area contributed by atoms with Gasteiger partial charge in [0.2, 0.25) is 0 Å². The molecule has 0 radical (unpaired) electrons. The van der Waals surface area contributed by atoms with E-state index >= 15 is 0 Å². The molecule has 1 aromatic carbocycles. The minimum absolute atomic E-state index is 0.252. The van der Waals surface area contributed by atoms with Gasteiger partial charge < -0.3 is 19.9 Å². The third-order valence-corrected chi connectivity index (χ3v) is 7.49. The zero-order valence-corrected chi connectivity index (χ0v) is 19.7. The number of aromatic amines is 1. The van der Waals surface area contributed by atoms with Crippen LogP contribution in [-0.2, 0) is 0 Å². The predicted octanol–water partition coefficient (Wildman–Crippen LogP) is 3.21. The number of anilines is 1. The number of piperazine rings is 1. The van der Waals surface area contributed by atoms with E-state index in [0.29, 0.717) is 11.2 Å². The third-order valence-electron chi connectivity index (χ3n) is 7.49. The van der Waals surface area contributed by atoms with E-state index < -0.39 is 0 Å². The number of hydrogen-bond acceptors (Lipinski definition) is 7. The predicted molar refractivity (Wildman–Crippen MR) is 130 cm³/mol. The molecule has 8 nitrogen and oxygen atoms in total. The Balaban J connectivity index is 1.18. The Morgan fingerprint density at radius 3 is 2.65 bits per heavy atom. The van der Waals surface area contributed by atoms with E-state index in [1.807, 2.05) is 13.0 Å². The first-order chi connectivity index (χ1) is 16.6. The number of hydrogen-bond donors (Lipinski definition) is 2. The molecule has 1 aliphatic carbocycles. The van der Waals surface area contributed by atoms with E-state index in [2.05, 4.69) is 35.3 Å². The van der Waals surface area contributed by atoms with Crippen LogP contribution in [0.25, 0.3) is 22.3 Å². The standard InChI is InChI=1S/C25H32FN7O/c1-25(4-5-25)34-22-12-18-20(13-19(22)26)30-31-24(18)21-14-23(29-16-28-21)33-8-2-17(3-9-33)15-32-10-6-27-7-11-32/h12-14,16-17,27H,2-11,15H2,1H3,(H,30,31). The molecule has 0 bridgehead atoms. The van der Waals surface area contributed by atoms with Gasteiger partial charge in [-0.2, -0.15) is 5.10 Å². The highest BCUT2D eigenvalue weighted by Gasteiger charge is 2.40. The number of rotatable bonds is 6. The highest BCUT2D eigenvalue weighted by Crippen LogP contribution is 2.41. The average Bonchev–Trinajstić information content (AvgIpc) is 3.45. The number of H-pyrrole nitrogens is 1. The zero-order chi connectivity index (χ0) is 23.1. The number of fused-ring (bicyclic) bond motifs is 1. The van der Waals surface area contributed by atoms with E-state index in [0.717, 1.165) is 74.9 Å². The van der Waals surface area contributed by atoms with Crippen LogP contribution in [0.4, 0.5) is 10.2 Å². The minimum Gasteiger partial charge on any atom is -0.484 e. The van der Waals surface area contributed by atoms with Crippen LogP contribution < -0.4 is 15.0 Å². The van der Waals surface area contributed by atoms with Crippen molar-refractivity contribution in [3.8, 4) is 17.1 Å². The van der Waals surface area contributed by atoms with Crippen molar-refractivity contribution in [2.45, 2.75) is 38.2 Å². The lowest BCUT2D eigenvalue weighted by molar-refractivity contribution is 0.190. The van der Waals surface area contributed by atoms with Gasteiger partial charge >= 0.3 is 0 Å². The molecule has 3 fully saturated rings. The van der Waals surface area contributed by atoms with Crippen molar-refractivity contribution < 1.29 is 9.13 Å². The summed E-state index contributed by atoms with van der Waals surface area (Å²) in [7, 11) is 0. The van der Waals surface area contributed by atoms with Gasteiger partial charge in [-0.15, -0.1) is 0 Å². The van der Waals surface area contributed by atoms with Gasteiger partial charge in [0.05, 0.1) is 11.2 Å². The van der Waals surface area contributed by atoms with Crippen LogP contribution in [0, 0.1) is 11.7 Å².